The Hall–Kier alpha value is -4.84. The van der Waals surface area contributed by atoms with Crippen molar-refractivity contribution in [1.82, 2.24) is 4.57 Å². The highest BCUT2D eigenvalue weighted by molar-refractivity contribution is 5.87. The van der Waals surface area contributed by atoms with Crippen LogP contribution in [0.15, 0.2) is 60.2 Å². The van der Waals surface area contributed by atoms with Gasteiger partial charge in [-0.05, 0) is 48.2 Å². The molecule has 0 spiro atoms. The average Bonchev–Trinajstić information content (AvgIpc) is 3.33. The van der Waals surface area contributed by atoms with Crippen LogP contribution in [0.4, 0.5) is 0 Å². The number of aromatic nitrogens is 1. The van der Waals surface area contributed by atoms with Crippen LogP contribution in [0, 0.1) is 6.92 Å². The first kappa shape index (κ1) is 33.1. The minimum atomic E-state index is -1.40. The van der Waals surface area contributed by atoms with Crippen LogP contribution in [0.1, 0.15) is 57.0 Å². The van der Waals surface area contributed by atoms with Crippen LogP contribution in [0.5, 0.6) is 5.75 Å². The van der Waals surface area contributed by atoms with Gasteiger partial charge in [0.1, 0.15) is 5.75 Å². The van der Waals surface area contributed by atoms with Crippen molar-refractivity contribution in [1.29, 1.82) is 0 Å². The molecule has 0 aliphatic carbocycles. The van der Waals surface area contributed by atoms with E-state index in [0.717, 1.165) is 34.5 Å². The summed E-state index contributed by atoms with van der Waals surface area (Å²) in [7, 11) is 0. The van der Waals surface area contributed by atoms with Crippen LogP contribution >= 0.6 is 0 Å². The Morgan fingerprint density at radius 2 is 1.62 bits per heavy atom. The molecule has 2 heterocycles. The zero-order valence-corrected chi connectivity index (χ0v) is 25.9. The maximum Gasteiger partial charge on any atom is 0.307 e. The third-order valence-corrected chi connectivity index (χ3v) is 6.94. The second kappa shape index (κ2) is 14.8. The van der Waals surface area contributed by atoms with E-state index in [1.54, 1.807) is 4.57 Å². The van der Waals surface area contributed by atoms with E-state index in [2.05, 4.69) is 0 Å². The number of carbonyl (C=O) groups is 4. The number of esters is 4. The second-order valence-corrected chi connectivity index (χ2v) is 10.6. The molecule has 0 saturated heterocycles. The van der Waals surface area contributed by atoms with Crippen molar-refractivity contribution in [3.05, 3.63) is 76.9 Å². The van der Waals surface area contributed by atoms with Gasteiger partial charge in [-0.2, -0.15) is 0 Å². The SMILES string of the molecule is CC(=O)OCC1=C(OC(C)=O)[C@H](OC(C)=O)[C@@H](OC(C)=O)[C@H](n2cc(Cc3ccc(OCCCO)cc3)c3c(C)cccc32)O1. The Morgan fingerprint density at radius 3 is 2.24 bits per heavy atom. The Kier molecular flexibility index (Phi) is 10.8. The predicted octanol–water partition coefficient (Wildman–Crippen LogP) is 4.03. The number of hydrogen-bond donors (Lipinski definition) is 1. The number of aliphatic hydroxyl groups excluding tert-OH is 1. The van der Waals surface area contributed by atoms with Gasteiger partial charge in [-0.3, -0.25) is 19.2 Å². The molecule has 0 unspecified atom stereocenters. The summed E-state index contributed by atoms with van der Waals surface area (Å²) >= 11 is 0. The number of ether oxygens (including phenoxy) is 6. The molecule has 1 N–H and O–H groups in total. The van der Waals surface area contributed by atoms with Gasteiger partial charge in [0.15, 0.2) is 18.1 Å². The minimum Gasteiger partial charge on any atom is -0.494 e. The van der Waals surface area contributed by atoms with Crippen LogP contribution in [0.25, 0.3) is 10.9 Å². The Balaban J connectivity index is 1.82. The van der Waals surface area contributed by atoms with Crippen molar-refractivity contribution in [2.24, 2.45) is 0 Å². The maximum absolute atomic E-state index is 12.4. The lowest BCUT2D eigenvalue weighted by atomic mass is 10.0. The fraction of sp³-hybridized carbons (Fsp3) is 0.394. The first-order valence-corrected chi connectivity index (χ1v) is 14.5. The average molecular weight is 624 g/mol. The summed E-state index contributed by atoms with van der Waals surface area (Å²) in [5.41, 5.74) is 3.65. The highest BCUT2D eigenvalue weighted by Crippen LogP contribution is 2.39. The lowest BCUT2D eigenvalue weighted by Crippen LogP contribution is -2.48. The molecule has 0 bridgehead atoms. The molecule has 0 radical (unpaired) electrons. The lowest BCUT2D eigenvalue weighted by Gasteiger charge is -2.39. The van der Waals surface area contributed by atoms with Gasteiger partial charge in [-0.15, -0.1) is 0 Å². The van der Waals surface area contributed by atoms with E-state index >= 15 is 0 Å². The van der Waals surface area contributed by atoms with Gasteiger partial charge in [0.25, 0.3) is 0 Å². The van der Waals surface area contributed by atoms with Gasteiger partial charge in [-0.25, -0.2) is 0 Å². The van der Waals surface area contributed by atoms with Gasteiger partial charge >= 0.3 is 23.9 Å². The smallest absolute Gasteiger partial charge is 0.307 e. The number of rotatable bonds is 12. The number of fused-ring (bicyclic) bond motifs is 1. The minimum absolute atomic E-state index is 0.0538. The van der Waals surface area contributed by atoms with Crippen molar-refractivity contribution in [3.8, 4) is 5.75 Å². The Labute approximate surface area is 260 Å². The molecule has 12 nitrogen and oxygen atoms in total. The third kappa shape index (κ3) is 8.21. The first-order chi connectivity index (χ1) is 21.5. The van der Waals surface area contributed by atoms with E-state index in [1.807, 2.05) is 55.6 Å². The molecule has 0 saturated carbocycles. The number of aryl methyl sites for hydroxylation is 1. The summed E-state index contributed by atoms with van der Waals surface area (Å²) in [5, 5.41) is 9.94. The van der Waals surface area contributed by atoms with Crippen LogP contribution < -0.4 is 4.74 Å². The second-order valence-electron chi connectivity index (χ2n) is 10.6. The number of hydrogen-bond acceptors (Lipinski definition) is 11. The summed E-state index contributed by atoms with van der Waals surface area (Å²) in [6.45, 7) is 6.74. The lowest BCUT2D eigenvalue weighted by molar-refractivity contribution is -0.194. The monoisotopic (exact) mass is 623 g/mol. The molecule has 1 aliphatic rings. The number of nitrogens with zero attached hydrogens (tertiary/aromatic N) is 1. The molecule has 1 aromatic heterocycles. The molecule has 45 heavy (non-hydrogen) atoms. The third-order valence-electron chi connectivity index (χ3n) is 6.94. The highest BCUT2D eigenvalue weighted by Gasteiger charge is 2.48. The van der Waals surface area contributed by atoms with E-state index < -0.39 is 48.9 Å². The predicted molar refractivity (Wildman–Crippen MR) is 160 cm³/mol. The van der Waals surface area contributed by atoms with Gasteiger partial charge in [0, 0.05) is 52.3 Å². The van der Waals surface area contributed by atoms with Gasteiger partial charge in [0.05, 0.1) is 12.1 Å². The molecular formula is C33H37NO11. The molecule has 1 aliphatic heterocycles. The molecule has 0 amide bonds. The fourth-order valence-electron chi connectivity index (χ4n) is 5.21. The fourth-order valence-corrected chi connectivity index (χ4v) is 5.21. The van der Waals surface area contributed by atoms with Gasteiger partial charge < -0.3 is 38.1 Å². The van der Waals surface area contributed by atoms with E-state index in [-0.39, 0.29) is 18.1 Å². The topological polar surface area (TPSA) is 149 Å². The van der Waals surface area contributed by atoms with Gasteiger partial charge in [-0.1, -0.05) is 24.3 Å². The largest absolute Gasteiger partial charge is 0.494 e. The van der Waals surface area contributed by atoms with Crippen LogP contribution in [-0.2, 0) is 49.3 Å². The quantitative estimate of drug-likeness (QED) is 0.177. The molecule has 2 aromatic carbocycles. The van der Waals surface area contributed by atoms with E-state index in [0.29, 0.717) is 25.2 Å². The summed E-state index contributed by atoms with van der Waals surface area (Å²) < 4.78 is 35.6. The number of benzene rings is 2. The first-order valence-electron chi connectivity index (χ1n) is 14.5. The highest BCUT2D eigenvalue weighted by atomic mass is 16.6. The Bertz CT molecular complexity index is 1590. The van der Waals surface area contributed by atoms with E-state index in [9.17, 15) is 19.2 Å². The zero-order chi connectivity index (χ0) is 32.7. The molecule has 3 atom stereocenters. The van der Waals surface area contributed by atoms with Crippen molar-refractivity contribution in [2.75, 3.05) is 19.8 Å². The summed E-state index contributed by atoms with van der Waals surface area (Å²) in [5.74, 6) is -2.41. The summed E-state index contributed by atoms with van der Waals surface area (Å²) in [6.07, 6.45) is -0.877. The molecule has 0 fully saturated rings. The summed E-state index contributed by atoms with van der Waals surface area (Å²) in [6, 6.07) is 13.4. The zero-order valence-electron chi connectivity index (χ0n) is 25.9. The van der Waals surface area contributed by atoms with Crippen molar-refractivity contribution in [2.45, 2.75) is 65.9 Å². The van der Waals surface area contributed by atoms with E-state index in [1.165, 1.54) is 20.8 Å². The molecular weight excluding hydrogens is 586 g/mol. The van der Waals surface area contributed by atoms with Crippen LogP contribution in [0.2, 0.25) is 0 Å². The van der Waals surface area contributed by atoms with Crippen LogP contribution in [0.3, 0.4) is 0 Å². The van der Waals surface area contributed by atoms with Crippen molar-refractivity contribution < 1.29 is 52.7 Å². The number of aliphatic hydroxyl groups is 1. The van der Waals surface area contributed by atoms with Crippen molar-refractivity contribution >= 4 is 34.8 Å². The molecule has 12 heteroatoms. The standard InChI is InChI=1S/C33H37NO11/c1-19-8-6-9-27-29(19)25(16-24-10-12-26(13-11-24)40-15-7-14-35)17-34(27)33-32(44-23(5)39)31(43-22(4)38)30(42-21(3)37)28(45-33)18-41-20(2)36/h6,8-13,17,31-33,35H,7,14-16,18H2,1-5H3/t31-,32+,33+/m0/s1. The maximum atomic E-state index is 12.4. The molecule has 4 rings (SSSR count). The summed E-state index contributed by atoms with van der Waals surface area (Å²) in [4.78, 5) is 48.5. The number of carbonyl (C=O) groups excluding carboxylic acids is 4. The normalized spacial score (nSPS) is 17.8. The molecule has 3 aromatic rings. The van der Waals surface area contributed by atoms with Crippen LogP contribution in [-0.4, -0.2) is 65.6 Å². The molecule has 240 valence electrons. The Morgan fingerprint density at radius 1 is 0.911 bits per heavy atom. The van der Waals surface area contributed by atoms with Crippen molar-refractivity contribution in [3.63, 3.8) is 0 Å². The van der Waals surface area contributed by atoms with E-state index in [4.69, 9.17) is 33.5 Å². The van der Waals surface area contributed by atoms with Gasteiger partial charge in [0.2, 0.25) is 18.4 Å².